The number of aromatic nitrogens is 1. The second-order valence-corrected chi connectivity index (χ2v) is 5.18. The van der Waals surface area contributed by atoms with E-state index < -0.39 is 11.4 Å². The number of methoxy groups -OCH3 is 1. The SMILES string of the molecule is CCOc1ccc(Cn2c(=O)oc(=O)c3ccccc32)cc1OC. The highest BCUT2D eigenvalue weighted by molar-refractivity contribution is 5.77. The Morgan fingerprint density at radius 1 is 1.08 bits per heavy atom. The van der Waals surface area contributed by atoms with Crippen molar-refractivity contribution < 1.29 is 13.9 Å². The summed E-state index contributed by atoms with van der Waals surface area (Å²) in [5.74, 6) is 0.538. The Hall–Kier alpha value is -3.02. The van der Waals surface area contributed by atoms with Gasteiger partial charge >= 0.3 is 11.4 Å². The minimum Gasteiger partial charge on any atom is -0.493 e. The molecule has 0 unspecified atom stereocenters. The van der Waals surface area contributed by atoms with Crippen molar-refractivity contribution in [2.45, 2.75) is 13.5 Å². The van der Waals surface area contributed by atoms with Gasteiger partial charge in [0.15, 0.2) is 11.5 Å². The molecule has 0 aliphatic heterocycles. The Labute approximate surface area is 137 Å². The molecule has 1 aromatic heterocycles. The van der Waals surface area contributed by atoms with E-state index in [0.717, 1.165) is 5.56 Å². The molecule has 0 aliphatic rings. The number of hydrogen-bond acceptors (Lipinski definition) is 5. The van der Waals surface area contributed by atoms with Crippen molar-refractivity contribution in [1.29, 1.82) is 0 Å². The summed E-state index contributed by atoms with van der Waals surface area (Å²) < 4.78 is 17.0. The average Bonchev–Trinajstić information content (AvgIpc) is 2.60. The van der Waals surface area contributed by atoms with Crippen molar-refractivity contribution in [2.24, 2.45) is 0 Å². The molecule has 0 atom stereocenters. The van der Waals surface area contributed by atoms with Gasteiger partial charge in [0.2, 0.25) is 0 Å². The molecule has 6 nitrogen and oxygen atoms in total. The molecule has 6 heteroatoms. The van der Waals surface area contributed by atoms with E-state index in [4.69, 9.17) is 13.9 Å². The van der Waals surface area contributed by atoms with Crippen LogP contribution in [0.2, 0.25) is 0 Å². The summed E-state index contributed by atoms with van der Waals surface area (Å²) in [4.78, 5) is 23.9. The van der Waals surface area contributed by atoms with Crippen molar-refractivity contribution in [2.75, 3.05) is 13.7 Å². The molecule has 0 bridgehead atoms. The highest BCUT2D eigenvalue weighted by Gasteiger charge is 2.11. The molecule has 1 heterocycles. The van der Waals surface area contributed by atoms with Gasteiger partial charge in [-0.2, -0.15) is 0 Å². The standard InChI is InChI=1S/C18H17NO5/c1-3-23-15-9-8-12(10-16(15)22-2)11-19-14-7-5-4-6-13(14)17(20)24-18(19)21/h4-10H,3,11H2,1-2H3. The molecular formula is C18H17NO5. The smallest absolute Gasteiger partial charge is 0.422 e. The molecule has 0 N–H and O–H groups in total. The normalized spacial score (nSPS) is 10.8. The van der Waals surface area contributed by atoms with Gasteiger partial charge in [0.25, 0.3) is 0 Å². The highest BCUT2D eigenvalue weighted by Crippen LogP contribution is 2.28. The minimum absolute atomic E-state index is 0.256. The average molecular weight is 327 g/mol. The summed E-state index contributed by atoms with van der Waals surface area (Å²) in [5, 5.41) is 0.370. The third kappa shape index (κ3) is 2.90. The van der Waals surface area contributed by atoms with Crippen molar-refractivity contribution in [3.63, 3.8) is 0 Å². The van der Waals surface area contributed by atoms with Crippen LogP contribution in [0.25, 0.3) is 10.9 Å². The van der Waals surface area contributed by atoms with Crippen LogP contribution in [0.5, 0.6) is 11.5 Å². The first kappa shape index (κ1) is 15.9. The maximum absolute atomic E-state index is 12.1. The van der Waals surface area contributed by atoms with Gasteiger partial charge in [0.05, 0.1) is 31.2 Å². The molecule has 2 aromatic carbocycles. The first-order valence-electron chi connectivity index (χ1n) is 7.56. The van der Waals surface area contributed by atoms with Crippen LogP contribution in [0.15, 0.2) is 56.5 Å². The maximum atomic E-state index is 12.1. The lowest BCUT2D eigenvalue weighted by molar-refractivity contribution is 0.310. The lowest BCUT2D eigenvalue weighted by Crippen LogP contribution is -2.25. The second kappa shape index (κ2) is 6.62. The molecule has 0 aliphatic carbocycles. The number of ether oxygens (including phenoxy) is 2. The van der Waals surface area contributed by atoms with Crippen molar-refractivity contribution in [1.82, 2.24) is 4.57 Å². The highest BCUT2D eigenvalue weighted by atomic mass is 16.5. The van der Waals surface area contributed by atoms with Crippen LogP contribution in [-0.4, -0.2) is 18.3 Å². The van der Waals surface area contributed by atoms with E-state index in [1.165, 1.54) is 4.57 Å². The lowest BCUT2D eigenvalue weighted by Gasteiger charge is -2.12. The van der Waals surface area contributed by atoms with Crippen LogP contribution in [0.1, 0.15) is 12.5 Å². The van der Waals surface area contributed by atoms with E-state index in [9.17, 15) is 9.59 Å². The van der Waals surface area contributed by atoms with Gasteiger partial charge in [-0.15, -0.1) is 0 Å². The summed E-state index contributed by atoms with van der Waals surface area (Å²) in [6, 6.07) is 12.3. The molecule has 0 amide bonds. The Kier molecular flexibility index (Phi) is 4.37. The maximum Gasteiger partial charge on any atom is 0.422 e. The van der Waals surface area contributed by atoms with Crippen LogP contribution in [0.4, 0.5) is 0 Å². The quantitative estimate of drug-likeness (QED) is 0.720. The molecule has 0 fully saturated rings. The Morgan fingerprint density at radius 3 is 2.62 bits per heavy atom. The van der Waals surface area contributed by atoms with Gasteiger partial charge in [-0.1, -0.05) is 18.2 Å². The van der Waals surface area contributed by atoms with Gasteiger partial charge < -0.3 is 13.9 Å². The molecule has 0 saturated heterocycles. The van der Waals surface area contributed by atoms with E-state index in [-0.39, 0.29) is 6.54 Å². The number of benzene rings is 2. The van der Waals surface area contributed by atoms with Crippen molar-refractivity contribution in [3.05, 3.63) is 69.0 Å². The zero-order valence-corrected chi connectivity index (χ0v) is 13.4. The third-order valence-electron chi connectivity index (χ3n) is 3.68. The summed E-state index contributed by atoms with van der Waals surface area (Å²) >= 11 is 0. The van der Waals surface area contributed by atoms with Gasteiger partial charge in [0, 0.05) is 0 Å². The van der Waals surface area contributed by atoms with Crippen molar-refractivity contribution in [3.8, 4) is 11.5 Å². The summed E-state index contributed by atoms with van der Waals surface area (Å²) in [6.07, 6.45) is 0. The summed E-state index contributed by atoms with van der Waals surface area (Å²) in [5.41, 5.74) is 0.735. The number of nitrogens with zero attached hydrogens (tertiary/aromatic N) is 1. The first-order valence-corrected chi connectivity index (χ1v) is 7.56. The predicted octanol–water partition coefficient (Wildman–Crippen LogP) is 2.41. The number of fused-ring (bicyclic) bond motifs is 1. The van der Waals surface area contributed by atoms with Crippen LogP contribution < -0.4 is 20.9 Å². The van der Waals surface area contributed by atoms with E-state index in [0.29, 0.717) is 29.0 Å². The van der Waals surface area contributed by atoms with Crippen molar-refractivity contribution >= 4 is 10.9 Å². The molecule has 3 aromatic rings. The zero-order valence-electron chi connectivity index (χ0n) is 13.4. The van der Waals surface area contributed by atoms with E-state index in [1.807, 2.05) is 13.0 Å². The summed E-state index contributed by atoms with van der Waals surface area (Å²) in [7, 11) is 1.56. The van der Waals surface area contributed by atoms with Crippen LogP contribution in [-0.2, 0) is 6.54 Å². The van der Waals surface area contributed by atoms with Crippen LogP contribution >= 0.6 is 0 Å². The topological polar surface area (TPSA) is 70.7 Å². The fourth-order valence-electron chi connectivity index (χ4n) is 2.59. The number of hydrogen-bond donors (Lipinski definition) is 0. The van der Waals surface area contributed by atoms with Crippen LogP contribution in [0.3, 0.4) is 0 Å². The second-order valence-electron chi connectivity index (χ2n) is 5.18. The minimum atomic E-state index is -0.688. The number of rotatable bonds is 5. The third-order valence-corrected chi connectivity index (χ3v) is 3.68. The van der Waals surface area contributed by atoms with E-state index >= 15 is 0 Å². The lowest BCUT2D eigenvalue weighted by atomic mass is 10.2. The molecule has 0 spiro atoms. The van der Waals surface area contributed by atoms with Gasteiger partial charge in [-0.05, 0) is 36.8 Å². The Bertz CT molecular complexity index is 987. The fraction of sp³-hybridized carbons (Fsp3) is 0.222. The van der Waals surface area contributed by atoms with Gasteiger partial charge in [0.1, 0.15) is 0 Å². The van der Waals surface area contributed by atoms with E-state index in [1.54, 1.807) is 43.5 Å². The van der Waals surface area contributed by atoms with Crippen LogP contribution in [0, 0.1) is 0 Å². The number of para-hydroxylation sites is 1. The largest absolute Gasteiger partial charge is 0.493 e. The predicted molar refractivity (Wildman–Crippen MR) is 90.0 cm³/mol. The van der Waals surface area contributed by atoms with Gasteiger partial charge in [-0.25, -0.2) is 9.59 Å². The summed E-state index contributed by atoms with van der Waals surface area (Å²) in [6.45, 7) is 2.68. The zero-order chi connectivity index (χ0) is 17.1. The molecule has 3 rings (SSSR count). The molecule has 24 heavy (non-hydrogen) atoms. The monoisotopic (exact) mass is 327 g/mol. The fourth-order valence-corrected chi connectivity index (χ4v) is 2.59. The first-order chi connectivity index (χ1) is 11.6. The van der Waals surface area contributed by atoms with Gasteiger partial charge in [-0.3, -0.25) is 4.57 Å². The molecule has 0 saturated carbocycles. The molecule has 124 valence electrons. The molecular weight excluding hydrogens is 310 g/mol. The van der Waals surface area contributed by atoms with E-state index in [2.05, 4.69) is 0 Å². The Morgan fingerprint density at radius 2 is 1.88 bits per heavy atom. The molecule has 0 radical (unpaired) electrons. The Balaban J connectivity index is 2.08.